The first kappa shape index (κ1) is 22.1. The fraction of sp³-hybridized carbons (Fsp3) is 0.240. The predicted octanol–water partition coefficient (Wildman–Crippen LogP) is 3.62. The molecule has 33 heavy (non-hydrogen) atoms. The van der Waals surface area contributed by atoms with Crippen molar-refractivity contribution in [2.75, 3.05) is 5.32 Å². The molecule has 0 aliphatic heterocycles. The van der Waals surface area contributed by atoms with Crippen molar-refractivity contribution in [1.29, 1.82) is 0 Å². The molecule has 2 aromatic carbocycles. The Morgan fingerprint density at radius 1 is 1.06 bits per heavy atom. The molecule has 0 saturated heterocycles. The third-order valence-corrected chi connectivity index (χ3v) is 5.17. The molecular formula is C25H25N5O3. The van der Waals surface area contributed by atoms with Gasteiger partial charge in [0, 0.05) is 34.9 Å². The summed E-state index contributed by atoms with van der Waals surface area (Å²) in [5.41, 5.74) is 1.61. The molecule has 0 spiro atoms. The molecule has 0 atom stereocenters. The third-order valence-electron chi connectivity index (χ3n) is 5.17. The highest BCUT2D eigenvalue weighted by Crippen LogP contribution is 2.21. The average molecular weight is 444 g/mol. The van der Waals surface area contributed by atoms with Crippen molar-refractivity contribution in [3.05, 3.63) is 86.7 Å². The largest absolute Gasteiger partial charge is 0.321 e. The van der Waals surface area contributed by atoms with Crippen LogP contribution in [0, 0.1) is 5.92 Å². The summed E-state index contributed by atoms with van der Waals surface area (Å²) < 4.78 is 1.35. The Bertz CT molecular complexity index is 1450. The fourth-order valence-corrected chi connectivity index (χ4v) is 3.63. The van der Waals surface area contributed by atoms with Gasteiger partial charge in [0.15, 0.2) is 5.69 Å². The van der Waals surface area contributed by atoms with E-state index in [0.717, 1.165) is 0 Å². The maximum Gasteiger partial charge on any atom is 0.276 e. The SMILES string of the molecule is CCc1cc(=O)[nH]c(-c2cccc(NC(=O)c3nn(CC(C)C)c(=O)c4ccccc34)c2)n1. The zero-order valence-electron chi connectivity index (χ0n) is 18.8. The monoisotopic (exact) mass is 443 g/mol. The molecule has 0 unspecified atom stereocenters. The highest BCUT2D eigenvalue weighted by molar-refractivity contribution is 6.11. The van der Waals surface area contributed by atoms with E-state index in [1.165, 1.54) is 10.7 Å². The third kappa shape index (κ3) is 4.74. The molecule has 8 heteroatoms. The number of aromatic amines is 1. The Labute approximate surface area is 190 Å². The number of carbonyl (C=O) groups is 1. The van der Waals surface area contributed by atoms with Crippen LogP contribution in [0.4, 0.5) is 5.69 Å². The van der Waals surface area contributed by atoms with Gasteiger partial charge >= 0.3 is 0 Å². The Morgan fingerprint density at radius 3 is 2.55 bits per heavy atom. The molecule has 2 heterocycles. The van der Waals surface area contributed by atoms with Crippen LogP contribution in [0.25, 0.3) is 22.2 Å². The van der Waals surface area contributed by atoms with Crippen molar-refractivity contribution in [2.24, 2.45) is 5.92 Å². The molecule has 0 aliphatic carbocycles. The van der Waals surface area contributed by atoms with E-state index >= 15 is 0 Å². The van der Waals surface area contributed by atoms with E-state index in [9.17, 15) is 14.4 Å². The van der Waals surface area contributed by atoms with Gasteiger partial charge in [-0.2, -0.15) is 5.10 Å². The summed E-state index contributed by atoms with van der Waals surface area (Å²) in [6.45, 7) is 6.31. The molecule has 8 nitrogen and oxygen atoms in total. The number of hydrogen-bond donors (Lipinski definition) is 2. The number of aromatic nitrogens is 4. The summed E-state index contributed by atoms with van der Waals surface area (Å²) in [5.74, 6) is 0.201. The van der Waals surface area contributed by atoms with Crippen molar-refractivity contribution in [1.82, 2.24) is 19.7 Å². The van der Waals surface area contributed by atoms with E-state index in [4.69, 9.17) is 0 Å². The van der Waals surface area contributed by atoms with Crippen LogP contribution in [0.3, 0.4) is 0 Å². The number of amides is 1. The smallest absolute Gasteiger partial charge is 0.276 e. The van der Waals surface area contributed by atoms with Crippen molar-refractivity contribution < 1.29 is 4.79 Å². The lowest BCUT2D eigenvalue weighted by atomic mass is 10.1. The summed E-state index contributed by atoms with van der Waals surface area (Å²) in [7, 11) is 0. The molecule has 4 rings (SSSR count). The summed E-state index contributed by atoms with van der Waals surface area (Å²) in [5, 5.41) is 8.20. The second-order valence-electron chi connectivity index (χ2n) is 8.25. The molecule has 168 valence electrons. The molecular weight excluding hydrogens is 418 g/mol. The lowest BCUT2D eigenvalue weighted by molar-refractivity contribution is 0.102. The first-order chi connectivity index (χ1) is 15.9. The number of carbonyl (C=O) groups excluding carboxylic acids is 1. The summed E-state index contributed by atoms with van der Waals surface area (Å²) >= 11 is 0. The molecule has 0 bridgehead atoms. The number of H-pyrrole nitrogens is 1. The topological polar surface area (TPSA) is 110 Å². The fourth-order valence-electron chi connectivity index (χ4n) is 3.63. The number of anilines is 1. The van der Waals surface area contributed by atoms with Gasteiger partial charge in [-0.3, -0.25) is 14.4 Å². The number of nitrogens with zero attached hydrogens (tertiary/aromatic N) is 3. The number of benzene rings is 2. The molecule has 4 aromatic rings. The minimum absolute atomic E-state index is 0.177. The minimum atomic E-state index is -0.426. The minimum Gasteiger partial charge on any atom is -0.321 e. The van der Waals surface area contributed by atoms with Crippen LogP contribution in [-0.2, 0) is 13.0 Å². The maximum absolute atomic E-state index is 13.2. The van der Waals surface area contributed by atoms with E-state index in [-0.39, 0.29) is 22.7 Å². The number of fused-ring (bicyclic) bond motifs is 1. The van der Waals surface area contributed by atoms with Gasteiger partial charge in [-0.1, -0.05) is 51.1 Å². The van der Waals surface area contributed by atoms with Crippen molar-refractivity contribution in [3.63, 3.8) is 0 Å². The Kier molecular flexibility index (Phi) is 6.17. The molecule has 2 aromatic heterocycles. The van der Waals surface area contributed by atoms with Gasteiger partial charge in [-0.05, 0) is 30.5 Å². The van der Waals surface area contributed by atoms with Crippen LogP contribution in [0.1, 0.15) is 37.0 Å². The number of hydrogen-bond acceptors (Lipinski definition) is 5. The zero-order valence-corrected chi connectivity index (χ0v) is 18.8. The average Bonchev–Trinajstić information content (AvgIpc) is 2.80. The van der Waals surface area contributed by atoms with E-state index in [0.29, 0.717) is 46.5 Å². The predicted molar refractivity (Wildman–Crippen MR) is 128 cm³/mol. The van der Waals surface area contributed by atoms with E-state index in [2.05, 4.69) is 20.4 Å². The van der Waals surface area contributed by atoms with Gasteiger partial charge in [0.2, 0.25) is 0 Å². The highest BCUT2D eigenvalue weighted by Gasteiger charge is 2.17. The van der Waals surface area contributed by atoms with Crippen LogP contribution >= 0.6 is 0 Å². The normalized spacial score (nSPS) is 11.2. The van der Waals surface area contributed by atoms with Gasteiger partial charge in [-0.15, -0.1) is 0 Å². The van der Waals surface area contributed by atoms with Crippen LogP contribution in [0.15, 0.2) is 64.2 Å². The van der Waals surface area contributed by atoms with E-state index in [1.54, 1.807) is 42.5 Å². The lowest BCUT2D eigenvalue weighted by Gasteiger charge is -2.13. The number of aryl methyl sites for hydroxylation is 1. The zero-order chi connectivity index (χ0) is 23.5. The summed E-state index contributed by atoms with van der Waals surface area (Å²) in [6, 6.07) is 15.5. The quantitative estimate of drug-likeness (QED) is 0.473. The summed E-state index contributed by atoms with van der Waals surface area (Å²) in [4.78, 5) is 45.2. The van der Waals surface area contributed by atoms with E-state index < -0.39 is 5.91 Å². The summed E-state index contributed by atoms with van der Waals surface area (Å²) in [6.07, 6.45) is 0.637. The molecule has 0 saturated carbocycles. The van der Waals surface area contributed by atoms with Crippen LogP contribution in [-0.4, -0.2) is 25.7 Å². The molecule has 0 radical (unpaired) electrons. The second kappa shape index (κ2) is 9.20. The molecule has 0 fully saturated rings. The standard InChI is InChI=1S/C25H25N5O3/c1-4-17-13-21(31)28-23(26-17)16-8-7-9-18(12-16)27-24(32)22-19-10-5-6-11-20(19)25(33)30(29-22)14-15(2)3/h5-13,15H,4,14H2,1-3H3,(H,27,32)(H,26,28,31). The van der Waals surface area contributed by atoms with Crippen LogP contribution in [0.2, 0.25) is 0 Å². The van der Waals surface area contributed by atoms with Crippen molar-refractivity contribution in [3.8, 4) is 11.4 Å². The molecule has 2 N–H and O–H groups in total. The Balaban J connectivity index is 1.72. The lowest BCUT2D eigenvalue weighted by Crippen LogP contribution is -2.29. The van der Waals surface area contributed by atoms with Gasteiger partial charge in [0.05, 0.1) is 5.39 Å². The number of rotatable bonds is 6. The highest BCUT2D eigenvalue weighted by atomic mass is 16.2. The second-order valence-corrected chi connectivity index (χ2v) is 8.25. The van der Waals surface area contributed by atoms with Gasteiger partial charge < -0.3 is 10.3 Å². The Hall–Kier alpha value is -4.07. The van der Waals surface area contributed by atoms with Crippen LogP contribution < -0.4 is 16.4 Å². The van der Waals surface area contributed by atoms with E-state index in [1.807, 2.05) is 26.8 Å². The van der Waals surface area contributed by atoms with Crippen molar-refractivity contribution >= 4 is 22.4 Å². The van der Waals surface area contributed by atoms with Crippen LogP contribution in [0.5, 0.6) is 0 Å². The first-order valence-electron chi connectivity index (χ1n) is 10.9. The van der Waals surface area contributed by atoms with Crippen molar-refractivity contribution in [2.45, 2.75) is 33.7 Å². The number of nitrogens with one attached hydrogen (secondary N) is 2. The van der Waals surface area contributed by atoms with Gasteiger partial charge in [0.1, 0.15) is 5.82 Å². The molecule has 1 amide bonds. The van der Waals surface area contributed by atoms with Gasteiger partial charge in [-0.25, -0.2) is 9.67 Å². The Morgan fingerprint density at radius 2 is 1.82 bits per heavy atom. The molecule has 0 aliphatic rings. The van der Waals surface area contributed by atoms with Gasteiger partial charge in [0.25, 0.3) is 17.0 Å². The first-order valence-corrected chi connectivity index (χ1v) is 10.9. The maximum atomic E-state index is 13.2.